The average Bonchev–Trinajstić information content (AvgIpc) is 2.41. The second-order valence-electron chi connectivity index (χ2n) is 4.34. The third kappa shape index (κ3) is 3.50. The van der Waals surface area contributed by atoms with Gasteiger partial charge in [-0.15, -0.1) is 0 Å². The van der Waals surface area contributed by atoms with Crippen LogP contribution >= 0.6 is 15.9 Å². The molecule has 1 unspecified atom stereocenters. The quantitative estimate of drug-likeness (QED) is 0.855. The predicted octanol–water partition coefficient (Wildman–Crippen LogP) is 4.25. The maximum absolute atomic E-state index is 12.9. The molecule has 2 rings (SSSR count). The molecule has 5 heteroatoms. The third-order valence-corrected chi connectivity index (χ3v) is 3.70. The molecule has 0 fully saturated rings. The molecule has 0 saturated heterocycles. The molecule has 1 atom stereocenters. The molecule has 100 valence electrons. The number of hydrogen-bond acceptors (Lipinski definition) is 3. The van der Waals surface area contributed by atoms with E-state index in [2.05, 4.69) is 38.1 Å². The summed E-state index contributed by atoms with van der Waals surface area (Å²) in [6.45, 7) is 4.04. The lowest BCUT2D eigenvalue weighted by Crippen LogP contribution is -2.11. The maximum atomic E-state index is 12.9. The Bertz CT molecular complexity index is 557. The number of halogens is 2. The molecule has 0 radical (unpaired) electrons. The highest BCUT2D eigenvalue weighted by molar-refractivity contribution is 9.10. The van der Waals surface area contributed by atoms with E-state index in [1.54, 1.807) is 12.3 Å². The number of anilines is 1. The van der Waals surface area contributed by atoms with E-state index in [1.165, 1.54) is 12.3 Å². The zero-order chi connectivity index (χ0) is 13.8. The van der Waals surface area contributed by atoms with Gasteiger partial charge in [0.05, 0.1) is 29.8 Å². The summed E-state index contributed by atoms with van der Waals surface area (Å²) >= 11 is 3.37. The molecule has 0 spiro atoms. The second kappa shape index (κ2) is 6.10. The van der Waals surface area contributed by atoms with Gasteiger partial charge >= 0.3 is 0 Å². The summed E-state index contributed by atoms with van der Waals surface area (Å²) < 4.78 is 13.7. The average molecular weight is 324 g/mol. The van der Waals surface area contributed by atoms with Crippen molar-refractivity contribution in [1.29, 1.82) is 0 Å². The summed E-state index contributed by atoms with van der Waals surface area (Å²) in [6.07, 6.45) is 3.86. The van der Waals surface area contributed by atoms with Crippen molar-refractivity contribution in [3.8, 4) is 0 Å². The molecule has 2 heterocycles. The van der Waals surface area contributed by atoms with Gasteiger partial charge in [-0.05, 0) is 53.0 Å². The number of nitrogens with one attached hydrogen (secondary N) is 1. The van der Waals surface area contributed by atoms with Gasteiger partial charge in [0.15, 0.2) is 0 Å². The van der Waals surface area contributed by atoms with Crippen LogP contribution < -0.4 is 5.32 Å². The van der Waals surface area contributed by atoms with Crippen molar-refractivity contribution >= 4 is 21.6 Å². The standard InChI is InChI=1S/C14H15BrFN3/c1-3-12(13-5-4-10(16)7-17-13)19-11-6-9(2)14(15)18-8-11/h4-8,12,19H,3H2,1-2H3. The summed E-state index contributed by atoms with van der Waals surface area (Å²) in [6, 6.07) is 5.19. The van der Waals surface area contributed by atoms with Crippen molar-refractivity contribution in [3.63, 3.8) is 0 Å². The molecule has 0 aliphatic heterocycles. The number of pyridine rings is 2. The van der Waals surface area contributed by atoms with Crippen molar-refractivity contribution in [3.05, 3.63) is 52.3 Å². The van der Waals surface area contributed by atoms with Gasteiger partial charge < -0.3 is 5.32 Å². The first kappa shape index (κ1) is 13.9. The molecule has 0 aliphatic rings. The van der Waals surface area contributed by atoms with Crippen LogP contribution in [0.3, 0.4) is 0 Å². The van der Waals surface area contributed by atoms with E-state index in [0.717, 1.165) is 28.0 Å². The predicted molar refractivity (Wildman–Crippen MR) is 77.5 cm³/mol. The number of nitrogens with zero attached hydrogens (tertiary/aromatic N) is 2. The molecule has 0 aliphatic carbocycles. The summed E-state index contributed by atoms with van der Waals surface area (Å²) in [5, 5.41) is 3.36. The van der Waals surface area contributed by atoms with E-state index < -0.39 is 0 Å². The SMILES string of the molecule is CCC(Nc1cnc(Br)c(C)c1)c1ccc(F)cn1. The largest absolute Gasteiger partial charge is 0.375 e. The summed E-state index contributed by atoms with van der Waals surface area (Å²) in [5.41, 5.74) is 2.81. The van der Waals surface area contributed by atoms with Crippen molar-refractivity contribution in [2.24, 2.45) is 0 Å². The molecule has 0 bridgehead atoms. The van der Waals surface area contributed by atoms with Gasteiger partial charge in [-0.25, -0.2) is 9.37 Å². The van der Waals surface area contributed by atoms with E-state index in [9.17, 15) is 4.39 Å². The van der Waals surface area contributed by atoms with E-state index in [0.29, 0.717) is 0 Å². The minimum atomic E-state index is -0.320. The molecule has 0 aromatic carbocycles. The fraction of sp³-hybridized carbons (Fsp3) is 0.286. The molecular weight excluding hydrogens is 309 g/mol. The minimum Gasteiger partial charge on any atom is -0.375 e. The molecule has 2 aromatic heterocycles. The van der Waals surface area contributed by atoms with Crippen LogP contribution in [-0.4, -0.2) is 9.97 Å². The monoisotopic (exact) mass is 323 g/mol. The summed E-state index contributed by atoms with van der Waals surface area (Å²) in [4.78, 5) is 8.37. The smallest absolute Gasteiger partial charge is 0.141 e. The normalized spacial score (nSPS) is 12.2. The van der Waals surface area contributed by atoms with Crippen LogP contribution in [0.4, 0.5) is 10.1 Å². The molecule has 0 saturated carbocycles. The first-order valence-electron chi connectivity index (χ1n) is 6.10. The highest BCUT2D eigenvalue weighted by Crippen LogP contribution is 2.23. The molecule has 19 heavy (non-hydrogen) atoms. The maximum Gasteiger partial charge on any atom is 0.141 e. The molecule has 2 aromatic rings. The van der Waals surface area contributed by atoms with Gasteiger partial charge in [0.2, 0.25) is 0 Å². The van der Waals surface area contributed by atoms with E-state index >= 15 is 0 Å². The Morgan fingerprint density at radius 1 is 1.32 bits per heavy atom. The highest BCUT2D eigenvalue weighted by Gasteiger charge is 2.11. The van der Waals surface area contributed by atoms with Crippen molar-refractivity contribution in [1.82, 2.24) is 9.97 Å². The second-order valence-corrected chi connectivity index (χ2v) is 5.09. The van der Waals surface area contributed by atoms with Crippen LogP contribution in [0.25, 0.3) is 0 Å². The van der Waals surface area contributed by atoms with Crippen molar-refractivity contribution < 1.29 is 4.39 Å². The van der Waals surface area contributed by atoms with Crippen LogP contribution in [-0.2, 0) is 0 Å². The van der Waals surface area contributed by atoms with Crippen LogP contribution in [0.1, 0.15) is 30.6 Å². The Hall–Kier alpha value is -1.49. The Morgan fingerprint density at radius 3 is 2.68 bits per heavy atom. The minimum absolute atomic E-state index is 0.0444. The summed E-state index contributed by atoms with van der Waals surface area (Å²) in [7, 11) is 0. The fourth-order valence-electron chi connectivity index (χ4n) is 1.82. The molecule has 1 N–H and O–H groups in total. The molecular formula is C14H15BrFN3. The fourth-order valence-corrected chi connectivity index (χ4v) is 2.03. The van der Waals surface area contributed by atoms with Gasteiger partial charge in [0.25, 0.3) is 0 Å². The number of rotatable bonds is 4. The van der Waals surface area contributed by atoms with E-state index in [-0.39, 0.29) is 11.9 Å². The zero-order valence-electron chi connectivity index (χ0n) is 10.8. The van der Waals surface area contributed by atoms with Crippen LogP contribution in [0.2, 0.25) is 0 Å². The third-order valence-electron chi connectivity index (χ3n) is 2.87. The lowest BCUT2D eigenvalue weighted by atomic mass is 10.1. The van der Waals surface area contributed by atoms with Crippen molar-refractivity contribution in [2.45, 2.75) is 26.3 Å². The Labute approximate surface area is 120 Å². The van der Waals surface area contributed by atoms with Gasteiger partial charge in [0, 0.05) is 0 Å². The first-order chi connectivity index (χ1) is 9.10. The topological polar surface area (TPSA) is 37.8 Å². The first-order valence-corrected chi connectivity index (χ1v) is 6.89. The van der Waals surface area contributed by atoms with Crippen LogP contribution in [0, 0.1) is 12.7 Å². The van der Waals surface area contributed by atoms with Gasteiger partial charge in [-0.3, -0.25) is 4.98 Å². The number of aromatic nitrogens is 2. The van der Waals surface area contributed by atoms with E-state index in [4.69, 9.17) is 0 Å². The Balaban J connectivity index is 2.18. The molecule has 0 amide bonds. The number of aryl methyl sites for hydroxylation is 1. The van der Waals surface area contributed by atoms with Gasteiger partial charge in [-0.2, -0.15) is 0 Å². The highest BCUT2D eigenvalue weighted by atomic mass is 79.9. The molecule has 3 nitrogen and oxygen atoms in total. The Morgan fingerprint density at radius 2 is 2.11 bits per heavy atom. The van der Waals surface area contributed by atoms with Gasteiger partial charge in [0.1, 0.15) is 10.4 Å². The summed E-state index contributed by atoms with van der Waals surface area (Å²) in [5.74, 6) is -0.320. The van der Waals surface area contributed by atoms with Crippen molar-refractivity contribution in [2.75, 3.05) is 5.32 Å². The lowest BCUT2D eigenvalue weighted by Gasteiger charge is -2.18. The Kier molecular flexibility index (Phi) is 4.47. The zero-order valence-corrected chi connectivity index (χ0v) is 12.4. The van der Waals surface area contributed by atoms with Crippen LogP contribution in [0.15, 0.2) is 35.2 Å². The van der Waals surface area contributed by atoms with Gasteiger partial charge in [-0.1, -0.05) is 6.92 Å². The van der Waals surface area contributed by atoms with Crippen LogP contribution in [0.5, 0.6) is 0 Å². The lowest BCUT2D eigenvalue weighted by molar-refractivity contribution is 0.614. The number of hydrogen-bond donors (Lipinski definition) is 1. The van der Waals surface area contributed by atoms with E-state index in [1.807, 2.05) is 13.0 Å².